The predicted octanol–water partition coefficient (Wildman–Crippen LogP) is 0.182. The number of nitrogens with zero attached hydrogens (tertiary/aromatic N) is 2. The molecule has 0 saturated carbocycles. The molecule has 0 aliphatic heterocycles. The van der Waals surface area contributed by atoms with Gasteiger partial charge in [-0.25, -0.2) is 15.3 Å². The quantitative estimate of drug-likeness (QED) is 0.379. The highest BCUT2D eigenvalue weighted by molar-refractivity contribution is 9.10. The zero-order valence-electron chi connectivity index (χ0n) is 13.1. The van der Waals surface area contributed by atoms with Gasteiger partial charge in [0.15, 0.2) is 0 Å². The fourth-order valence-corrected chi connectivity index (χ4v) is 2.32. The molecule has 0 atom stereocenters. The average Bonchev–Trinajstić information content (AvgIpc) is 2.57. The number of methoxy groups -OCH3 is 1. The van der Waals surface area contributed by atoms with Gasteiger partial charge >= 0.3 is 5.69 Å². The van der Waals surface area contributed by atoms with Crippen molar-refractivity contribution in [2.24, 2.45) is 5.10 Å². The van der Waals surface area contributed by atoms with Crippen molar-refractivity contribution in [3.63, 3.8) is 0 Å². The molecule has 0 fully saturated rings. The molecule has 0 saturated heterocycles. The van der Waals surface area contributed by atoms with Gasteiger partial charge in [-0.2, -0.15) is 5.10 Å². The van der Waals surface area contributed by atoms with Crippen LogP contribution in [-0.4, -0.2) is 41.0 Å². The number of ether oxygens (including phenoxy) is 1. The lowest BCUT2D eigenvalue weighted by atomic mass is 10.2. The number of hydrogen-bond acceptors (Lipinski definition) is 7. The first-order valence-corrected chi connectivity index (χ1v) is 7.87. The highest BCUT2D eigenvalue weighted by atomic mass is 79.9. The Morgan fingerprint density at radius 3 is 2.92 bits per heavy atom. The van der Waals surface area contributed by atoms with E-state index in [9.17, 15) is 14.4 Å². The van der Waals surface area contributed by atoms with Gasteiger partial charge in [-0.15, -0.1) is 5.10 Å². The van der Waals surface area contributed by atoms with Gasteiger partial charge in [0.2, 0.25) is 11.7 Å². The van der Waals surface area contributed by atoms with E-state index >= 15 is 0 Å². The van der Waals surface area contributed by atoms with Crippen molar-refractivity contribution in [1.82, 2.24) is 20.6 Å². The molecule has 10 nitrogen and oxygen atoms in total. The van der Waals surface area contributed by atoms with E-state index in [2.05, 4.69) is 42.0 Å². The van der Waals surface area contributed by atoms with E-state index in [0.29, 0.717) is 5.75 Å². The van der Waals surface area contributed by atoms with E-state index in [1.54, 1.807) is 25.3 Å². The topological polar surface area (TPSA) is 141 Å². The number of aromatic nitrogens is 3. The molecular formula is C14H15BrN6O4. The number of halogens is 1. The van der Waals surface area contributed by atoms with Crippen LogP contribution in [0.4, 0.5) is 5.82 Å². The molecule has 132 valence electrons. The average molecular weight is 411 g/mol. The molecule has 0 spiro atoms. The summed E-state index contributed by atoms with van der Waals surface area (Å²) >= 11 is 3.36. The molecule has 1 amide bonds. The summed E-state index contributed by atoms with van der Waals surface area (Å²) in [4.78, 5) is 35.9. The Balaban J connectivity index is 1.79. The molecule has 0 aliphatic carbocycles. The molecule has 2 aromatic rings. The number of benzene rings is 1. The molecule has 4 N–H and O–H groups in total. The minimum atomic E-state index is -0.701. The molecular weight excluding hydrogens is 396 g/mol. The second-order valence-electron chi connectivity index (χ2n) is 4.72. The molecule has 1 aromatic carbocycles. The fraction of sp³-hybridized carbons (Fsp3) is 0.214. The second-order valence-corrected chi connectivity index (χ2v) is 5.57. The van der Waals surface area contributed by atoms with Gasteiger partial charge in [-0.05, 0) is 39.7 Å². The Bertz CT molecular complexity index is 891. The Morgan fingerprint density at radius 1 is 1.44 bits per heavy atom. The van der Waals surface area contributed by atoms with Crippen LogP contribution in [0.3, 0.4) is 0 Å². The number of hydrogen-bond donors (Lipinski definition) is 4. The number of carbonyl (C=O) groups is 1. The van der Waals surface area contributed by atoms with Crippen molar-refractivity contribution in [2.75, 3.05) is 19.0 Å². The summed E-state index contributed by atoms with van der Waals surface area (Å²) in [5, 5.41) is 12.1. The summed E-state index contributed by atoms with van der Waals surface area (Å²) < 4.78 is 5.89. The highest BCUT2D eigenvalue weighted by Crippen LogP contribution is 2.24. The minimum Gasteiger partial charge on any atom is -0.496 e. The summed E-state index contributed by atoms with van der Waals surface area (Å²) in [5.41, 5.74) is 1.78. The third kappa shape index (κ3) is 5.57. The summed E-state index contributed by atoms with van der Waals surface area (Å²) in [5.74, 6) is 0.272. The first kappa shape index (κ1) is 18.4. The van der Waals surface area contributed by atoms with Crippen LogP contribution in [0, 0.1) is 0 Å². The standard InChI is InChI=1S/C14H15BrN6O4/c1-25-10-3-2-8(6-9(10)15)7-17-19-11(22)4-5-16-12-13(23)18-14(24)21-20-12/h2-3,6-7H,4-5H2,1H3,(H,16,20)(H,19,22)(H2,18,21,23,24)/b17-7+. The lowest BCUT2D eigenvalue weighted by Gasteiger charge is -2.04. The molecule has 0 unspecified atom stereocenters. The molecule has 1 heterocycles. The number of amides is 1. The van der Waals surface area contributed by atoms with Crippen LogP contribution < -0.4 is 26.7 Å². The first-order valence-electron chi connectivity index (χ1n) is 7.08. The third-order valence-corrected chi connectivity index (χ3v) is 3.55. The van der Waals surface area contributed by atoms with E-state index in [4.69, 9.17) is 4.74 Å². The molecule has 11 heteroatoms. The van der Waals surface area contributed by atoms with Crippen LogP contribution in [0.15, 0.2) is 37.4 Å². The lowest BCUT2D eigenvalue weighted by Crippen LogP contribution is -2.28. The van der Waals surface area contributed by atoms with E-state index in [1.165, 1.54) is 6.21 Å². The number of carbonyl (C=O) groups excluding carboxylic acids is 1. The maximum absolute atomic E-state index is 11.7. The van der Waals surface area contributed by atoms with E-state index in [1.807, 2.05) is 4.98 Å². The Kier molecular flexibility index (Phi) is 6.46. The molecule has 2 rings (SSSR count). The van der Waals surface area contributed by atoms with Crippen LogP contribution in [0.5, 0.6) is 5.75 Å². The zero-order valence-corrected chi connectivity index (χ0v) is 14.7. The van der Waals surface area contributed by atoms with Crippen LogP contribution >= 0.6 is 15.9 Å². The van der Waals surface area contributed by atoms with E-state index in [0.717, 1.165) is 10.0 Å². The van der Waals surface area contributed by atoms with Crippen molar-refractivity contribution >= 4 is 33.9 Å². The molecule has 1 aromatic heterocycles. The number of anilines is 1. The van der Waals surface area contributed by atoms with Gasteiger partial charge in [0.1, 0.15) is 5.75 Å². The van der Waals surface area contributed by atoms with Crippen LogP contribution in [0.2, 0.25) is 0 Å². The van der Waals surface area contributed by atoms with Crippen molar-refractivity contribution < 1.29 is 9.53 Å². The van der Waals surface area contributed by atoms with Crippen LogP contribution in [-0.2, 0) is 4.79 Å². The SMILES string of the molecule is COc1ccc(/C=N/NC(=O)CCNc2n[nH]c(=O)[nH]c2=O)cc1Br. The van der Waals surface area contributed by atoms with Crippen LogP contribution in [0.1, 0.15) is 12.0 Å². The number of hydrazone groups is 1. The van der Waals surface area contributed by atoms with Gasteiger partial charge in [-0.1, -0.05) is 0 Å². The number of rotatable bonds is 7. The summed E-state index contributed by atoms with van der Waals surface area (Å²) in [7, 11) is 1.57. The minimum absolute atomic E-state index is 0.0594. The van der Waals surface area contributed by atoms with Crippen molar-refractivity contribution in [1.29, 1.82) is 0 Å². The maximum atomic E-state index is 11.7. The van der Waals surface area contributed by atoms with Gasteiger partial charge < -0.3 is 10.1 Å². The highest BCUT2D eigenvalue weighted by Gasteiger charge is 2.04. The monoisotopic (exact) mass is 410 g/mol. The van der Waals surface area contributed by atoms with E-state index in [-0.39, 0.29) is 24.7 Å². The molecule has 0 radical (unpaired) electrons. The lowest BCUT2D eigenvalue weighted by molar-refractivity contribution is -0.120. The summed E-state index contributed by atoms with van der Waals surface area (Å²) in [6.07, 6.45) is 1.55. The van der Waals surface area contributed by atoms with Gasteiger partial charge in [0, 0.05) is 13.0 Å². The molecule has 25 heavy (non-hydrogen) atoms. The molecule has 0 aliphatic rings. The van der Waals surface area contributed by atoms with Crippen LogP contribution in [0.25, 0.3) is 0 Å². The fourth-order valence-electron chi connectivity index (χ4n) is 1.76. The summed E-state index contributed by atoms with van der Waals surface area (Å²) in [6, 6.07) is 5.35. The Labute approximate surface area is 149 Å². The zero-order chi connectivity index (χ0) is 18.2. The second kappa shape index (κ2) is 8.78. The Hall–Kier alpha value is -2.95. The number of aromatic amines is 2. The summed E-state index contributed by atoms with van der Waals surface area (Å²) in [6.45, 7) is 0.150. The van der Waals surface area contributed by atoms with Gasteiger partial charge in [-0.3, -0.25) is 14.6 Å². The Morgan fingerprint density at radius 2 is 2.24 bits per heavy atom. The largest absolute Gasteiger partial charge is 0.496 e. The van der Waals surface area contributed by atoms with Gasteiger partial charge in [0.05, 0.1) is 17.8 Å². The maximum Gasteiger partial charge on any atom is 0.342 e. The third-order valence-electron chi connectivity index (χ3n) is 2.93. The smallest absolute Gasteiger partial charge is 0.342 e. The van der Waals surface area contributed by atoms with Crippen molar-refractivity contribution in [2.45, 2.75) is 6.42 Å². The normalized spacial score (nSPS) is 10.6. The first-order chi connectivity index (χ1) is 12.0. The van der Waals surface area contributed by atoms with Gasteiger partial charge in [0.25, 0.3) is 5.56 Å². The number of nitrogens with one attached hydrogen (secondary N) is 4. The predicted molar refractivity (Wildman–Crippen MR) is 95.0 cm³/mol. The molecule has 0 bridgehead atoms. The van der Waals surface area contributed by atoms with E-state index < -0.39 is 11.2 Å². The number of H-pyrrole nitrogens is 2. The van der Waals surface area contributed by atoms with Crippen molar-refractivity contribution in [3.8, 4) is 5.75 Å². The van der Waals surface area contributed by atoms with Crippen molar-refractivity contribution in [3.05, 3.63) is 49.1 Å².